The molecule has 0 aromatic heterocycles. The molecule has 0 saturated heterocycles. The number of nitrogens with two attached hydrogens (primary N) is 1. The molecule has 2 rings (SSSR count). The zero-order chi connectivity index (χ0) is 18.8. The molecule has 140 valence electrons. The molecule has 0 atom stereocenters. The highest BCUT2D eigenvalue weighted by Gasteiger charge is 2.17. The van der Waals surface area contributed by atoms with Gasteiger partial charge in [0.25, 0.3) is 0 Å². The maximum Gasteiger partial charge on any atom is 0.118 e. The lowest BCUT2D eigenvalue weighted by Gasteiger charge is -2.29. The van der Waals surface area contributed by atoms with Crippen LogP contribution in [0.2, 0.25) is 0 Å². The summed E-state index contributed by atoms with van der Waals surface area (Å²) in [5.74, 6) is 0.876. The topological polar surface area (TPSA) is 59.8 Å². The van der Waals surface area contributed by atoms with Gasteiger partial charge in [0.1, 0.15) is 5.75 Å². The van der Waals surface area contributed by atoms with Gasteiger partial charge >= 0.3 is 0 Å². The maximum atomic E-state index is 6.18. The van der Waals surface area contributed by atoms with Crippen LogP contribution < -0.4 is 16.0 Å². The Kier molecular flexibility index (Phi) is 8.15. The van der Waals surface area contributed by atoms with Crippen molar-refractivity contribution in [3.63, 3.8) is 0 Å². The first-order valence-corrected chi connectivity index (χ1v) is 8.76. The number of ether oxygens (including phenoxy) is 1. The summed E-state index contributed by atoms with van der Waals surface area (Å²) in [5.41, 5.74) is 13.5. The van der Waals surface area contributed by atoms with Gasteiger partial charge in [-0.25, -0.2) is 0 Å². The van der Waals surface area contributed by atoms with Crippen molar-refractivity contribution in [3.8, 4) is 5.75 Å². The Bertz CT molecular complexity index is 662. The molecule has 0 saturated carbocycles. The number of hydrogen-bond acceptors (Lipinski definition) is 5. The van der Waals surface area contributed by atoms with Gasteiger partial charge in [0.2, 0.25) is 0 Å². The summed E-state index contributed by atoms with van der Waals surface area (Å²) in [5, 5.41) is 0. The first-order valence-electron chi connectivity index (χ1n) is 8.76. The molecule has 0 bridgehead atoms. The standard InChI is InChI=1S/C21H29N3O2/c1-4-6-17(5-2)13-23-26-16-19-15-24(12-11-21(19)22)14-18-7-9-20(25-3)10-8-18/h4-10,23H,1-2,11-16,22H2,3H3/b17-6+. The van der Waals surface area contributed by atoms with Crippen LogP contribution in [0.4, 0.5) is 0 Å². The van der Waals surface area contributed by atoms with E-state index in [0.29, 0.717) is 13.2 Å². The quantitative estimate of drug-likeness (QED) is 0.384. The van der Waals surface area contributed by atoms with Crippen LogP contribution >= 0.6 is 0 Å². The second kappa shape index (κ2) is 10.6. The van der Waals surface area contributed by atoms with E-state index in [2.05, 4.69) is 35.7 Å². The molecule has 1 aliphatic rings. The number of hydrogen-bond donors (Lipinski definition) is 2. The van der Waals surface area contributed by atoms with Crippen LogP contribution in [0, 0.1) is 0 Å². The van der Waals surface area contributed by atoms with Crippen molar-refractivity contribution in [1.29, 1.82) is 0 Å². The van der Waals surface area contributed by atoms with Gasteiger partial charge in [-0.3, -0.25) is 9.74 Å². The van der Waals surface area contributed by atoms with Crippen LogP contribution in [0.3, 0.4) is 0 Å². The number of methoxy groups -OCH3 is 1. The number of allylic oxidation sites excluding steroid dienone is 2. The molecule has 1 heterocycles. The molecule has 5 nitrogen and oxygen atoms in total. The maximum absolute atomic E-state index is 6.18. The molecule has 0 spiro atoms. The van der Waals surface area contributed by atoms with Crippen molar-refractivity contribution in [2.45, 2.75) is 13.0 Å². The molecule has 0 amide bonds. The molecule has 0 unspecified atom stereocenters. The average Bonchev–Trinajstić information content (AvgIpc) is 2.67. The van der Waals surface area contributed by atoms with Gasteiger partial charge in [-0.15, -0.1) is 0 Å². The SMILES string of the molecule is C=C/C=C(\C=C)CNOCC1=C(N)CCN(Cc2ccc(OC)cc2)C1. The summed E-state index contributed by atoms with van der Waals surface area (Å²) in [6.07, 6.45) is 6.28. The molecule has 0 aliphatic carbocycles. The second-order valence-electron chi connectivity index (χ2n) is 6.23. The lowest BCUT2D eigenvalue weighted by Crippen LogP contribution is -2.35. The summed E-state index contributed by atoms with van der Waals surface area (Å²) in [6, 6.07) is 8.18. The third-order valence-corrected chi connectivity index (χ3v) is 4.35. The number of benzene rings is 1. The smallest absolute Gasteiger partial charge is 0.118 e. The second-order valence-corrected chi connectivity index (χ2v) is 6.23. The van der Waals surface area contributed by atoms with Gasteiger partial charge < -0.3 is 10.5 Å². The number of rotatable bonds is 10. The Morgan fingerprint density at radius 1 is 1.31 bits per heavy atom. The zero-order valence-electron chi connectivity index (χ0n) is 15.5. The minimum Gasteiger partial charge on any atom is -0.497 e. The first-order chi connectivity index (χ1) is 12.7. The van der Waals surface area contributed by atoms with Crippen LogP contribution in [0.1, 0.15) is 12.0 Å². The molecule has 1 aromatic rings. The fourth-order valence-electron chi connectivity index (χ4n) is 2.79. The van der Waals surface area contributed by atoms with E-state index < -0.39 is 0 Å². The minimum absolute atomic E-state index is 0.476. The molecule has 0 fully saturated rings. The molecule has 5 heteroatoms. The Labute approximate surface area is 156 Å². The summed E-state index contributed by atoms with van der Waals surface area (Å²) in [4.78, 5) is 7.98. The number of nitrogens with one attached hydrogen (secondary N) is 1. The van der Waals surface area contributed by atoms with Crippen molar-refractivity contribution in [3.05, 3.63) is 78.1 Å². The van der Waals surface area contributed by atoms with E-state index in [1.807, 2.05) is 18.2 Å². The van der Waals surface area contributed by atoms with E-state index in [0.717, 1.165) is 48.6 Å². The van der Waals surface area contributed by atoms with E-state index in [4.69, 9.17) is 15.3 Å². The zero-order valence-corrected chi connectivity index (χ0v) is 15.5. The normalized spacial score (nSPS) is 15.8. The van der Waals surface area contributed by atoms with E-state index >= 15 is 0 Å². The fourth-order valence-corrected chi connectivity index (χ4v) is 2.79. The lowest BCUT2D eigenvalue weighted by molar-refractivity contribution is 0.0590. The van der Waals surface area contributed by atoms with Gasteiger partial charge in [-0.2, -0.15) is 5.48 Å². The number of nitrogens with zero attached hydrogens (tertiary/aromatic N) is 1. The van der Waals surface area contributed by atoms with Crippen molar-refractivity contribution in [2.24, 2.45) is 5.73 Å². The molecule has 26 heavy (non-hydrogen) atoms. The molecular formula is C21H29N3O2. The van der Waals surface area contributed by atoms with Gasteiger partial charge in [0.15, 0.2) is 0 Å². The molecular weight excluding hydrogens is 326 g/mol. The fraction of sp³-hybridized carbons (Fsp3) is 0.333. The van der Waals surface area contributed by atoms with Crippen LogP contribution in [0.5, 0.6) is 5.75 Å². The van der Waals surface area contributed by atoms with E-state index in [9.17, 15) is 0 Å². The lowest BCUT2D eigenvalue weighted by atomic mass is 10.1. The highest BCUT2D eigenvalue weighted by molar-refractivity contribution is 5.27. The monoisotopic (exact) mass is 355 g/mol. The van der Waals surface area contributed by atoms with Crippen molar-refractivity contribution >= 4 is 0 Å². The largest absolute Gasteiger partial charge is 0.497 e. The van der Waals surface area contributed by atoms with Crippen molar-refractivity contribution in [2.75, 3.05) is 33.4 Å². The van der Waals surface area contributed by atoms with Gasteiger partial charge in [-0.05, 0) is 35.3 Å². The number of hydroxylamine groups is 1. The molecule has 3 N–H and O–H groups in total. The third kappa shape index (κ3) is 6.19. The van der Waals surface area contributed by atoms with Crippen LogP contribution in [0.25, 0.3) is 0 Å². The Balaban J connectivity index is 1.82. The Morgan fingerprint density at radius 3 is 2.73 bits per heavy atom. The van der Waals surface area contributed by atoms with E-state index in [1.54, 1.807) is 19.3 Å². The predicted octanol–water partition coefficient (Wildman–Crippen LogP) is 2.93. The van der Waals surface area contributed by atoms with Gasteiger partial charge in [-0.1, -0.05) is 43.5 Å². The predicted molar refractivity (Wildman–Crippen MR) is 107 cm³/mol. The summed E-state index contributed by atoms with van der Waals surface area (Å²) in [7, 11) is 1.68. The molecule has 1 aromatic carbocycles. The van der Waals surface area contributed by atoms with Crippen molar-refractivity contribution < 1.29 is 9.57 Å². The highest BCUT2D eigenvalue weighted by Crippen LogP contribution is 2.18. The van der Waals surface area contributed by atoms with Crippen LogP contribution in [0.15, 0.2) is 72.5 Å². The van der Waals surface area contributed by atoms with Crippen molar-refractivity contribution in [1.82, 2.24) is 10.4 Å². The Hall–Kier alpha value is -2.34. The van der Waals surface area contributed by atoms with E-state index in [-0.39, 0.29) is 0 Å². The average molecular weight is 355 g/mol. The van der Waals surface area contributed by atoms with Gasteiger partial charge in [0, 0.05) is 31.9 Å². The van der Waals surface area contributed by atoms with Crippen LogP contribution in [-0.4, -0.2) is 38.3 Å². The summed E-state index contributed by atoms with van der Waals surface area (Å²) >= 11 is 0. The van der Waals surface area contributed by atoms with E-state index in [1.165, 1.54) is 5.56 Å². The first kappa shape index (κ1) is 20.0. The minimum atomic E-state index is 0.476. The highest BCUT2D eigenvalue weighted by atomic mass is 16.6. The van der Waals surface area contributed by atoms with Gasteiger partial charge in [0.05, 0.1) is 13.7 Å². The third-order valence-electron chi connectivity index (χ3n) is 4.35. The Morgan fingerprint density at radius 2 is 2.08 bits per heavy atom. The molecule has 0 radical (unpaired) electrons. The summed E-state index contributed by atoms with van der Waals surface area (Å²) < 4.78 is 5.21. The summed E-state index contributed by atoms with van der Waals surface area (Å²) in [6.45, 7) is 11.2. The van der Waals surface area contributed by atoms with Crippen LogP contribution in [-0.2, 0) is 11.4 Å². The molecule has 1 aliphatic heterocycles.